The summed E-state index contributed by atoms with van der Waals surface area (Å²) in [6.07, 6.45) is 0. The molecule has 2 aromatic carbocycles. The Morgan fingerprint density at radius 3 is 2.00 bits per heavy atom. The van der Waals surface area contributed by atoms with E-state index in [1.807, 2.05) is 75.4 Å². The van der Waals surface area contributed by atoms with Gasteiger partial charge in [0.05, 0.1) is 12.4 Å². The molecule has 0 aliphatic carbocycles. The molecule has 0 heterocycles. The molecule has 106 valence electrons. The molecule has 1 atom stereocenters. The predicted molar refractivity (Wildman–Crippen MR) is 86.1 cm³/mol. The summed E-state index contributed by atoms with van der Waals surface area (Å²) < 4.78 is 19.4. The first-order valence-electron chi connectivity index (χ1n) is 6.70. The normalized spacial score (nSPS) is 14.6. The second-order valence-electron chi connectivity index (χ2n) is 5.79. The number of hydrogen-bond donors (Lipinski definition) is 0. The molecule has 0 aliphatic rings. The molecule has 1 unspecified atom stereocenters. The Hall–Kier alpha value is -1.53. The third kappa shape index (κ3) is 2.41. The van der Waals surface area contributed by atoms with Crippen LogP contribution in [0.3, 0.4) is 0 Å². The second-order valence-corrected chi connectivity index (χ2v) is 9.35. The molecule has 0 aromatic heterocycles. The van der Waals surface area contributed by atoms with E-state index < -0.39 is 7.14 Å². The molecule has 0 N–H and O–H groups in total. The van der Waals surface area contributed by atoms with Crippen molar-refractivity contribution in [2.45, 2.75) is 25.9 Å². The van der Waals surface area contributed by atoms with E-state index >= 15 is 0 Å². The minimum absolute atomic E-state index is 0.372. The van der Waals surface area contributed by atoms with Crippen LogP contribution in [0.2, 0.25) is 0 Å². The SMILES string of the molecule is COc1ccccc1P(=O)(c1ccccc1)C(C)(C)C. The van der Waals surface area contributed by atoms with Gasteiger partial charge in [0.2, 0.25) is 0 Å². The Morgan fingerprint density at radius 2 is 1.45 bits per heavy atom. The van der Waals surface area contributed by atoms with E-state index in [4.69, 9.17) is 4.74 Å². The number of methoxy groups -OCH3 is 1. The third-order valence-corrected chi connectivity index (χ3v) is 7.45. The van der Waals surface area contributed by atoms with Crippen molar-refractivity contribution in [3.05, 3.63) is 54.6 Å². The fraction of sp³-hybridized carbons (Fsp3) is 0.294. The van der Waals surface area contributed by atoms with Gasteiger partial charge < -0.3 is 9.30 Å². The predicted octanol–water partition coefficient (Wildman–Crippen LogP) is 3.81. The molecule has 3 heteroatoms. The first-order valence-corrected chi connectivity index (χ1v) is 8.41. The van der Waals surface area contributed by atoms with E-state index in [0.29, 0.717) is 5.75 Å². The summed E-state index contributed by atoms with van der Waals surface area (Å²) in [7, 11) is -1.17. The molecular weight excluding hydrogens is 267 g/mol. The fourth-order valence-electron chi connectivity index (χ4n) is 2.42. The van der Waals surface area contributed by atoms with E-state index in [1.165, 1.54) is 0 Å². The number of hydrogen-bond acceptors (Lipinski definition) is 2. The van der Waals surface area contributed by atoms with Crippen LogP contribution in [0.1, 0.15) is 20.8 Å². The molecule has 0 spiro atoms. The van der Waals surface area contributed by atoms with Gasteiger partial charge in [-0.1, -0.05) is 63.2 Å². The van der Waals surface area contributed by atoms with Crippen LogP contribution in [0.5, 0.6) is 5.75 Å². The largest absolute Gasteiger partial charge is 0.496 e. The van der Waals surface area contributed by atoms with Gasteiger partial charge >= 0.3 is 0 Å². The molecule has 0 saturated heterocycles. The number of ether oxygens (including phenoxy) is 1. The Bertz CT molecular complexity index is 627. The average Bonchev–Trinajstić information content (AvgIpc) is 2.46. The molecule has 0 amide bonds. The summed E-state index contributed by atoms with van der Waals surface area (Å²) in [6.45, 7) is 6.06. The number of para-hydroxylation sites is 1. The van der Waals surface area contributed by atoms with E-state index in [2.05, 4.69) is 0 Å². The lowest BCUT2D eigenvalue weighted by molar-refractivity contribution is 0.417. The highest BCUT2D eigenvalue weighted by Gasteiger charge is 2.41. The van der Waals surface area contributed by atoms with Crippen LogP contribution < -0.4 is 15.3 Å². The quantitative estimate of drug-likeness (QED) is 0.803. The van der Waals surface area contributed by atoms with Gasteiger partial charge in [-0.05, 0) is 12.1 Å². The summed E-state index contributed by atoms with van der Waals surface area (Å²) in [6, 6.07) is 17.3. The van der Waals surface area contributed by atoms with Gasteiger partial charge in [0.1, 0.15) is 5.75 Å². The molecule has 0 saturated carbocycles. The zero-order valence-corrected chi connectivity index (χ0v) is 13.4. The topological polar surface area (TPSA) is 26.3 Å². The van der Waals surface area contributed by atoms with Crippen LogP contribution in [0.4, 0.5) is 0 Å². The Morgan fingerprint density at radius 1 is 0.900 bits per heavy atom. The van der Waals surface area contributed by atoms with E-state index in [0.717, 1.165) is 10.6 Å². The lowest BCUT2D eigenvalue weighted by Crippen LogP contribution is -2.31. The van der Waals surface area contributed by atoms with Crippen molar-refractivity contribution in [3.8, 4) is 5.75 Å². The molecule has 2 aromatic rings. The molecule has 2 rings (SSSR count). The fourth-order valence-corrected chi connectivity index (χ4v) is 5.56. The van der Waals surface area contributed by atoms with Gasteiger partial charge in [0.15, 0.2) is 7.14 Å². The monoisotopic (exact) mass is 288 g/mol. The van der Waals surface area contributed by atoms with Crippen molar-refractivity contribution in [2.24, 2.45) is 0 Å². The number of benzene rings is 2. The van der Waals surface area contributed by atoms with Crippen LogP contribution in [0.25, 0.3) is 0 Å². The Labute approximate surface area is 121 Å². The zero-order chi connectivity index (χ0) is 14.8. The first-order chi connectivity index (χ1) is 9.41. The van der Waals surface area contributed by atoms with Crippen LogP contribution in [-0.2, 0) is 4.57 Å². The van der Waals surface area contributed by atoms with Gasteiger partial charge in [-0.15, -0.1) is 0 Å². The zero-order valence-electron chi connectivity index (χ0n) is 12.5. The maximum Gasteiger partial charge on any atom is 0.151 e. The van der Waals surface area contributed by atoms with Crippen molar-refractivity contribution >= 4 is 17.8 Å². The molecule has 0 bridgehead atoms. The average molecular weight is 288 g/mol. The molecule has 2 nitrogen and oxygen atoms in total. The lowest BCUT2D eigenvalue weighted by atomic mass is 10.2. The van der Waals surface area contributed by atoms with Gasteiger partial charge in [-0.3, -0.25) is 0 Å². The van der Waals surface area contributed by atoms with Crippen LogP contribution in [0.15, 0.2) is 54.6 Å². The van der Waals surface area contributed by atoms with E-state index in [9.17, 15) is 4.57 Å². The van der Waals surface area contributed by atoms with Crippen LogP contribution in [-0.4, -0.2) is 12.3 Å². The van der Waals surface area contributed by atoms with Crippen molar-refractivity contribution < 1.29 is 9.30 Å². The number of rotatable bonds is 3. The summed E-state index contributed by atoms with van der Waals surface area (Å²) in [4.78, 5) is 0. The van der Waals surface area contributed by atoms with Crippen molar-refractivity contribution in [1.29, 1.82) is 0 Å². The summed E-state index contributed by atoms with van der Waals surface area (Å²) in [5.41, 5.74) is 0. The van der Waals surface area contributed by atoms with E-state index in [1.54, 1.807) is 7.11 Å². The third-order valence-electron chi connectivity index (χ3n) is 3.49. The van der Waals surface area contributed by atoms with Gasteiger partial charge in [0.25, 0.3) is 0 Å². The summed E-state index contributed by atoms with van der Waals surface area (Å²) >= 11 is 0. The highest BCUT2D eigenvalue weighted by molar-refractivity contribution is 7.80. The maximum atomic E-state index is 13.9. The highest BCUT2D eigenvalue weighted by Crippen LogP contribution is 2.57. The minimum atomic E-state index is -2.79. The smallest absolute Gasteiger partial charge is 0.151 e. The highest BCUT2D eigenvalue weighted by atomic mass is 31.2. The van der Waals surface area contributed by atoms with Gasteiger partial charge in [0, 0.05) is 10.5 Å². The molecule has 20 heavy (non-hydrogen) atoms. The molecule has 0 fully saturated rings. The Balaban J connectivity index is 2.76. The maximum absolute atomic E-state index is 13.9. The van der Waals surface area contributed by atoms with Crippen LogP contribution in [0, 0.1) is 0 Å². The van der Waals surface area contributed by atoms with Gasteiger partial charge in [-0.2, -0.15) is 0 Å². The Kier molecular flexibility index (Phi) is 4.06. The summed E-state index contributed by atoms with van der Waals surface area (Å²) in [5.74, 6) is 0.689. The lowest BCUT2D eigenvalue weighted by Gasteiger charge is -2.33. The van der Waals surface area contributed by atoms with Crippen molar-refractivity contribution in [1.82, 2.24) is 0 Å². The standard InChI is InChI=1S/C17H21O2P/c1-17(2,3)20(18,14-10-6-5-7-11-14)16-13-9-8-12-15(16)19-4/h5-13H,1-4H3. The van der Waals surface area contributed by atoms with Crippen molar-refractivity contribution in [3.63, 3.8) is 0 Å². The van der Waals surface area contributed by atoms with Crippen LogP contribution >= 0.6 is 7.14 Å². The first kappa shape index (κ1) is 14.9. The summed E-state index contributed by atoms with van der Waals surface area (Å²) in [5, 5.41) is 1.29. The second kappa shape index (κ2) is 5.46. The van der Waals surface area contributed by atoms with E-state index in [-0.39, 0.29) is 5.16 Å². The minimum Gasteiger partial charge on any atom is -0.496 e. The van der Waals surface area contributed by atoms with Crippen molar-refractivity contribution in [2.75, 3.05) is 7.11 Å². The molecule has 0 aliphatic heterocycles. The van der Waals surface area contributed by atoms with Gasteiger partial charge in [-0.25, -0.2) is 0 Å². The molecular formula is C17H21O2P. The molecule has 0 radical (unpaired) electrons.